The van der Waals surface area contributed by atoms with Crippen molar-refractivity contribution >= 4 is 6.29 Å². The first-order valence-electron chi connectivity index (χ1n) is 3.45. The second kappa shape index (κ2) is 2.81. The van der Waals surface area contributed by atoms with Crippen molar-refractivity contribution in [2.24, 2.45) is 11.8 Å². The highest BCUT2D eigenvalue weighted by molar-refractivity contribution is 5.53. The molecule has 0 aliphatic heterocycles. The van der Waals surface area contributed by atoms with Crippen LogP contribution in [0.15, 0.2) is 12.2 Å². The third-order valence-corrected chi connectivity index (χ3v) is 2.00. The summed E-state index contributed by atoms with van der Waals surface area (Å²) >= 11 is 0. The van der Waals surface area contributed by atoms with Gasteiger partial charge in [-0.05, 0) is 18.8 Å². The van der Waals surface area contributed by atoms with E-state index >= 15 is 0 Å². The molecule has 1 nitrogen and oxygen atoms in total. The van der Waals surface area contributed by atoms with E-state index < -0.39 is 0 Å². The summed E-state index contributed by atoms with van der Waals surface area (Å²) in [6.45, 7) is 1.99. The molecule has 0 aromatic rings. The van der Waals surface area contributed by atoms with Gasteiger partial charge in [-0.3, -0.25) is 0 Å². The van der Waals surface area contributed by atoms with E-state index in [0.29, 0.717) is 5.92 Å². The molecule has 50 valence electrons. The Morgan fingerprint density at radius 1 is 1.56 bits per heavy atom. The van der Waals surface area contributed by atoms with E-state index in [1.165, 1.54) is 0 Å². The third kappa shape index (κ3) is 1.41. The SMILES string of the molecule is CC(C=O)C1CC=CC1. The van der Waals surface area contributed by atoms with E-state index in [0.717, 1.165) is 19.1 Å². The first kappa shape index (κ1) is 6.53. The van der Waals surface area contributed by atoms with Gasteiger partial charge in [-0.15, -0.1) is 0 Å². The lowest BCUT2D eigenvalue weighted by Crippen LogP contribution is -2.08. The lowest BCUT2D eigenvalue weighted by Gasteiger charge is -2.10. The molecule has 1 heteroatoms. The van der Waals surface area contributed by atoms with Crippen LogP contribution in [0.1, 0.15) is 19.8 Å². The van der Waals surface area contributed by atoms with Crippen LogP contribution in [0.3, 0.4) is 0 Å². The van der Waals surface area contributed by atoms with Crippen LogP contribution >= 0.6 is 0 Å². The first-order chi connectivity index (χ1) is 4.34. The van der Waals surface area contributed by atoms with Crippen molar-refractivity contribution in [1.82, 2.24) is 0 Å². The fourth-order valence-corrected chi connectivity index (χ4v) is 1.18. The van der Waals surface area contributed by atoms with Crippen LogP contribution in [-0.4, -0.2) is 6.29 Å². The first-order valence-corrected chi connectivity index (χ1v) is 3.45. The Bertz CT molecular complexity index is 119. The molecular weight excluding hydrogens is 112 g/mol. The van der Waals surface area contributed by atoms with Crippen LogP contribution in [0.2, 0.25) is 0 Å². The van der Waals surface area contributed by atoms with Crippen LogP contribution in [0.25, 0.3) is 0 Å². The molecule has 1 atom stereocenters. The molecule has 0 saturated heterocycles. The number of hydrogen-bond acceptors (Lipinski definition) is 1. The lowest BCUT2D eigenvalue weighted by atomic mass is 9.93. The highest BCUT2D eigenvalue weighted by atomic mass is 16.1. The lowest BCUT2D eigenvalue weighted by molar-refractivity contribution is -0.111. The van der Waals surface area contributed by atoms with Gasteiger partial charge in [0.05, 0.1) is 0 Å². The number of aldehydes is 1. The summed E-state index contributed by atoms with van der Waals surface area (Å²) in [5.41, 5.74) is 0. The Morgan fingerprint density at radius 2 is 2.11 bits per heavy atom. The van der Waals surface area contributed by atoms with Gasteiger partial charge in [-0.1, -0.05) is 19.1 Å². The molecule has 0 radical (unpaired) electrons. The second-order valence-electron chi connectivity index (χ2n) is 2.70. The fourth-order valence-electron chi connectivity index (χ4n) is 1.18. The van der Waals surface area contributed by atoms with E-state index in [9.17, 15) is 4.79 Å². The molecule has 0 amide bonds. The monoisotopic (exact) mass is 124 g/mol. The van der Waals surface area contributed by atoms with Gasteiger partial charge in [0.25, 0.3) is 0 Å². The maximum Gasteiger partial charge on any atom is 0.123 e. The zero-order chi connectivity index (χ0) is 6.69. The van der Waals surface area contributed by atoms with Crippen molar-refractivity contribution < 1.29 is 4.79 Å². The molecule has 1 unspecified atom stereocenters. The number of carbonyl (C=O) groups excluding carboxylic acids is 1. The topological polar surface area (TPSA) is 17.1 Å². The van der Waals surface area contributed by atoms with E-state index in [2.05, 4.69) is 12.2 Å². The smallest absolute Gasteiger partial charge is 0.123 e. The second-order valence-corrected chi connectivity index (χ2v) is 2.70. The van der Waals surface area contributed by atoms with Crippen molar-refractivity contribution in [3.63, 3.8) is 0 Å². The Hall–Kier alpha value is -0.590. The normalized spacial score (nSPS) is 22.3. The minimum absolute atomic E-state index is 0.250. The molecule has 0 fully saturated rings. The molecular formula is C8H12O. The molecule has 0 N–H and O–H groups in total. The molecule has 0 heterocycles. The average molecular weight is 124 g/mol. The van der Waals surface area contributed by atoms with Crippen molar-refractivity contribution in [2.45, 2.75) is 19.8 Å². The van der Waals surface area contributed by atoms with E-state index in [1.807, 2.05) is 6.92 Å². The molecule has 1 aliphatic carbocycles. The molecule has 0 aromatic carbocycles. The van der Waals surface area contributed by atoms with Gasteiger partial charge in [-0.25, -0.2) is 0 Å². The molecule has 1 rings (SSSR count). The zero-order valence-corrected chi connectivity index (χ0v) is 5.71. The van der Waals surface area contributed by atoms with Crippen molar-refractivity contribution in [1.29, 1.82) is 0 Å². The molecule has 1 aliphatic rings. The number of carbonyl (C=O) groups is 1. The largest absolute Gasteiger partial charge is 0.303 e. The van der Waals surface area contributed by atoms with Gasteiger partial charge in [0.15, 0.2) is 0 Å². The van der Waals surface area contributed by atoms with Gasteiger partial charge in [-0.2, -0.15) is 0 Å². The minimum Gasteiger partial charge on any atom is -0.303 e. The maximum absolute atomic E-state index is 10.3. The summed E-state index contributed by atoms with van der Waals surface area (Å²) in [6, 6.07) is 0. The number of rotatable bonds is 2. The number of allylic oxidation sites excluding steroid dienone is 2. The van der Waals surface area contributed by atoms with Crippen molar-refractivity contribution in [2.75, 3.05) is 0 Å². The average Bonchev–Trinajstić information content (AvgIpc) is 2.37. The highest BCUT2D eigenvalue weighted by Crippen LogP contribution is 2.24. The molecule has 0 aromatic heterocycles. The summed E-state index contributed by atoms with van der Waals surface area (Å²) in [6.07, 6.45) is 7.56. The van der Waals surface area contributed by atoms with Crippen LogP contribution in [0, 0.1) is 11.8 Å². The van der Waals surface area contributed by atoms with Gasteiger partial charge in [0.2, 0.25) is 0 Å². The Balaban J connectivity index is 2.35. The summed E-state index contributed by atoms with van der Waals surface area (Å²) in [5, 5.41) is 0. The van der Waals surface area contributed by atoms with Gasteiger partial charge in [0.1, 0.15) is 6.29 Å². The standard InChI is InChI=1S/C8H12O/c1-7(6-9)8-4-2-3-5-8/h2-3,6-8H,4-5H2,1H3. The maximum atomic E-state index is 10.3. The predicted octanol–water partition coefficient (Wildman–Crippen LogP) is 1.79. The molecule has 0 saturated carbocycles. The summed E-state index contributed by atoms with van der Waals surface area (Å²) in [5.74, 6) is 0.850. The minimum atomic E-state index is 0.250. The third-order valence-electron chi connectivity index (χ3n) is 2.00. The van der Waals surface area contributed by atoms with Crippen molar-refractivity contribution in [3.8, 4) is 0 Å². The summed E-state index contributed by atoms with van der Waals surface area (Å²) in [4.78, 5) is 10.3. The fraction of sp³-hybridized carbons (Fsp3) is 0.625. The highest BCUT2D eigenvalue weighted by Gasteiger charge is 2.16. The van der Waals surface area contributed by atoms with Crippen LogP contribution in [0.5, 0.6) is 0 Å². The van der Waals surface area contributed by atoms with Crippen LogP contribution in [0.4, 0.5) is 0 Å². The molecule has 9 heavy (non-hydrogen) atoms. The Morgan fingerprint density at radius 3 is 2.56 bits per heavy atom. The van der Waals surface area contributed by atoms with E-state index in [-0.39, 0.29) is 5.92 Å². The summed E-state index contributed by atoms with van der Waals surface area (Å²) < 4.78 is 0. The van der Waals surface area contributed by atoms with Gasteiger partial charge in [0, 0.05) is 5.92 Å². The van der Waals surface area contributed by atoms with Crippen LogP contribution in [-0.2, 0) is 4.79 Å². The Labute approximate surface area is 55.8 Å². The molecule has 0 bridgehead atoms. The quantitative estimate of drug-likeness (QED) is 0.405. The van der Waals surface area contributed by atoms with Gasteiger partial charge < -0.3 is 4.79 Å². The summed E-state index contributed by atoms with van der Waals surface area (Å²) in [7, 11) is 0. The van der Waals surface area contributed by atoms with Crippen molar-refractivity contribution in [3.05, 3.63) is 12.2 Å². The van der Waals surface area contributed by atoms with E-state index in [4.69, 9.17) is 0 Å². The predicted molar refractivity (Wildman–Crippen MR) is 37.1 cm³/mol. The molecule has 0 spiro atoms. The van der Waals surface area contributed by atoms with Crippen LogP contribution < -0.4 is 0 Å². The number of hydrogen-bond donors (Lipinski definition) is 0. The van der Waals surface area contributed by atoms with Gasteiger partial charge >= 0.3 is 0 Å². The van der Waals surface area contributed by atoms with E-state index in [1.54, 1.807) is 0 Å². The Kier molecular flexibility index (Phi) is 2.04. The zero-order valence-electron chi connectivity index (χ0n) is 5.71.